The second-order valence-electron chi connectivity index (χ2n) is 7.98. The first kappa shape index (κ1) is 20.5. The van der Waals surface area contributed by atoms with Crippen LogP contribution < -0.4 is 0 Å². The van der Waals surface area contributed by atoms with Gasteiger partial charge in [-0.25, -0.2) is 4.39 Å². The number of likely N-dealkylation sites (tertiary alicyclic amines) is 1. The fourth-order valence-corrected chi connectivity index (χ4v) is 3.97. The fraction of sp³-hybridized carbons (Fsp3) is 0.545. The molecule has 0 bridgehead atoms. The number of aryl methyl sites for hydroxylation is 2. The Morgan fingerprint density at radius 3 is 2.75 bits per heavy atom. The molecule has 3 rings (SSSR count). The maximum absolute atomic E-state index is 13.0. The minimum absolute atomic E-state index is 0.182. The molecule has 1 amide bonds. The first-order chi connectivity index (χ1) is 13.5. The third-order valence-corrected chi connectivity index (χ3v) is 5.58. The molecule has 1 aliphatic heterocycles. The Kier molecular flexibility index (Phi) is 7.20. The summed E-state index contributed by atoms with van der Waals surface area (Å²) in [4.78, 5) is 16.8. The number of rotatable bonds is 8. The largest absolute Gasteiger partial charge is 0.345 e. The molecule has 1 fully saturated rings. The van der Waals surface area contributed by atoms with Crippen LogP contribution in [0.2, 0.25) is 0 Å². The van der Waals surface area contributed by atoms with Gasteiger partial charge in [-0.05, 0) is 61.4 Å². The minimum Gasteiger partial charge on any atom is -0.345 e. The van der Waals surface area contributed by atoms with Gasteiger partial charge in [0.05, 0.1) is 6.20 Å². The van der Waals surface area contributed by atoms with E-state index in [9.17, 15) is 9.18 Å². The van der Waals surface area contributed by atoms with Crippen LogP contribution in [0.3, 0.4) is 0 Å². The second-order valence-corrected chi connectivity index (χ2v) is 7.98. The number of aromatic nitrogens is 2. The highest BCUT2D eigenvalue weighted by molar-refractivity contribution is 5.76. The number of hydrogen-bond acceptors (Lipinski definition) is 3. The van der Waals surface area contributed by atoms with Crippen molar-refractivity contribution in [3.8, 4) is 0 Å². The van der Waals surface area contributed by atoms with Gasteiger partial charge in [0.25, 0.3) is 0 Å². The first-order valence-corrected chi connectivity index (χ1v) is 10.2. The molecule has 1 atom stereocenters. The van der Waals surface area contributed by atoms with Crippen molar-refractivity contribution in [3.63, 3.8) is 0 Å². The summed E-state index contributed by atoms with van der Waals surface area (Å²) in [6, 6.07) is 6.79. The second kappa shape index (κ2) is 9.82. The van der Waals surface area contributed by atoms with E-state index >= 15 is 0 Å². The van der Waals surface area contributed by atoms with Crippen LogP contribution in [-0.4, -0.2) is 58.7 Å². The van der Waals surface area contributed by atoms with Gasteiger partial charge in [0.2, 0.25) is 5.91 Å². The van der Waals surface area contributed by atoms with E-state index in [4.69, 9.17) is 0 Å². The molecule has 0 aliphatic carbocycles. The highest BCUT2D eigenvalue weighted by atomic mass is 19.1. The van der Waals surface area contributed by atoms with E-state index in [1.165, 1.54) is 30.5 Å². The van der Waals surface area contributed by atoms with E-state index in [0.29, 0.717) is 12.3 Å². The summed E-state index contributed by atoms with van der Waals surface area (Å²) in [6.07, 6.45) is 8.35. The van der Waals surface area contributed by atoms with Crippen LogP contribution >= 0.6 is 0 Å². The molecular weight excluding hydrogens is 355 g/mol. The van der Waals surface area contributed by atoms with Crippen molar-refractivity contribution >= 4 is 5.91 Å². The van der Waals surface area contributed by atoms with Crippen molar-refractivity contribution in [2.45, 2.75) is 32.1 Å². The predicted octanol–water partition coefficient (Wildman–Crippen LogP) is 2.90. The average molecular weight is 387 g/mol. The van der Waals surface area contributed by atoms with Crippen molar-refractivity contribution in [2.75, 3.05) is 33.2 Å². The summed E-state index contributed by atoms with van der Waals surface area (Å²) >= 11 is 0. The van der Waals surface area contributed by atoms with Crippen LogP contribution in [-0.2, 0) is 24.7 Å². The Bertz CT molecular complexity index is 758. The smallest absolute Gasteiger partial charge is 0.222 e. The minimum atomic E-state index is -0.182. The normalized spacial score (nSPS) is 17.6. The molecule has 0 saturated carbocycles. The lowest BCUT2D eigenvalue weighted by Crippen LogP contribution is -2.42. The molecule has 1 aromatic carbocycles. The monoisotopic (exact) mass is 386 g/mol. The van der Waals surface area contributed by atoms with E-state index in [1.807, 2.05) is 43.5 Å². The molecule has 2 heterocycles. The quantitative estimate of drug-likeness (QED) is 0.701. The van der Waals surface area contributed by atoms with Gasteiger partial charge in [0.15, 0.2) is 0 Å². The molecule has 1 aromatic heterocycles. The summed E-state index contributed by atoms with van der Waals surface area (Å²) in [5.41, 5.74) is 2.28. The average Bonchev–Trinajstić information content (AvgIpc) is 3.11. The van der Waals surface area contributed by atoms with Gasteiger partial charge in [-0.15, -0.1) is 0 Å². The lowest BCUT2D eigenvalue weighted by molar-refractivity contribution is -0.130. The van der Waals surface area contributed by atoms with Crippen molar-refractivity contribution in [1.82, 2.24) is 19.6 Å². The van der Waals surface area contributed by atoms with Gasteiger partial charge in [-0.3, -0.25) is 9.48 Å². The number of carbonyl (C=O) groups excluding carboxylic acids is 1. The summed E-state index contributed by atoms with van der Waals surface area (Å²) in [6.45, 7) is 3.94. The van der Waals surface area contributed by atoms with Crippen molar-refractivity contribution in [1.29, 1.82) is 0 Å². The Balaban J connectivity index is 1.40. The van der Waals surface area contributed by atoms with E-state index in [-0.39, 0.29) is 11.7 Å². The van der Waals surface area contributed by atoms with Crippen LogP contribution in [0, 0.1) is 11.7 Å². The molecular formula is C22H31FN4O. The molecule has 5 nitrogen and oxygen atoms in total. The molecule has 6 heteroatoms. The summed E-state index contributed by atoms with van der Waals surface area (Å²) in [5, 5.41) is 4.15. The summed E-state index contributed by atoms with van der Waals surface area (Å²) in [5.74, 6) is 0.541. The molecule has 1 saturated heterocycles. The van der Waals surface area contributed by atoms with Crippen molar-refractivity contribution < 1.29 is 9.18 Å². The van der Waals surface area contributed by atoms with E-state index in [1.54, 1.807) is 4.68 Å². The predicted molar refractivity (Wildman–Crippen MR) is 108 cm³/mol. The number of nitrogens with zero attached hydrogens (tertiary/aromatic N) is 4. The molecule has 0 N–H and O–H groups in total. The van der Waals surface area contributed by atoms with Gasteiger partial charge in [0.1, 0.15) is 5.82 Å². The maximum atomic E-state index is 13.0. The van der Waals surface area contributed by atoms with E-state index < -0.39 is 0 Å². The Morgan fingerprint density at radius 1 is 1.25 bits per heavy atom. The van der Waals surface area contributed by atoms with Gasteiger partial charge < -0.3 is 9.80 Å². The number of carbonyl (C=O) groups is 1. The van der Waals surface area contributed by atoms with Crippen LogP contribution in [0.4, 0.5) is 4.39 Å². The zero-order valence-corrected chi connectivity index (χ0v) is 17.0. The summed E-state index contributed by atoms with van der Waals surface area (Å²) < 4.78 is 14.8. The SMILES string of the molecule is CN(C[C@@H]1CCCN(CCc2ccc(F)cc2)C1)C(=O)CCc1cnn(C)c1. The number of piperidine rings is 1. The van der Waals surface area contributed by atoms with Crippen molar-refractivity contribution in [2.24, 2.45) is 13.0 Å². The lowest BCUT2D eigenvalue weighted by atomic mass is 9.97. The Labute approximate surface area is 167 Å². The Morgan fingerprint density at radius 2 is 2.04 bits per heavy atom. The number of hydrogen-bond donors (Lipinski definition) is 0. The van der Waals surface area contributed by atoms with Crippen molar-refractivity contribution in [3.05, 3.63) is 53.6 Å². The molecule has 2 aromatic rings. The van der Waals surface area contributed by atoms with E-state index in [2.05, 4.69) is 10.00 Å². The van der Waals surface area contributed by atoms with Crippen LogP contribution in [0.5, 0.6) is 0 Å². The van der Waals surface area contributed by atoms with Gasteiger partial charge in [-0.1, -0.05) is 12.1 Å². The maximum Gasteiger partial charge on any atom is 0.222 e. The standard InChI is InChI=1S/C22H31FN4O/c1-25(22(28)10-7-19-14-24-26(2)16-19)15-20-4-3-12-27(17-20)13-11-18-5-8-21(23)9-6-18/h5-6,8-9,14,16,20H,3-4,7,10-13,15,17H2,1-2H3/t20-/m0/s1. The highest BCUT2D eigenvalue weighted by Crippen LogP contribution is 2.18. The molecule has 0 radical (unpaired) electrons. The molecule has 152 valence electrons. The van der Waals surface area contributed by atoms with Crippen LogP contribution in [0.25, 0.3) is 0 Å². The zero-order valence-electron chi connectivity index (χ0n) is 17.0. The number of halogens is 1. The molecule has 0 unspecified atom stereocenters. The molecule has 0 spiro atoms. The topological polar surface area (TPSA) is 41.4 Å². The Hall–Kier alpha value is -2.21. The highest BCUT2D eigenvalue weighted by Gasteiger charge is 2.22. The van der Waals surface area contributed by atoms with Crippen LogP contribution in [0.1, 0.15) is 30.4 Å². The van der Waals surface area contributed by atoms with Gasteiger partial charge >= 0.3 is 0 Å². The zero-order chi connectivity index (χ0) is 19.9. The summed E-state index contributed by atoms with van der Waals surface area (Å²) in [7, 11) is 3.81. The molecule has 28 heavy (non-hydrogen) atoms. The van der Waals surface area contributed by atoms with Gasteiger partial charge in [-0.2, -0.15) is 5.10 Å². The van der Waals surface area contributed by atoms with Crippen LogP contribution in [0.15, 0.2) is 36.7 Å². The lowest BCUT2D eigenvalue weighted by Gasteiger charge is -2.34. The fourth-order valence-electron chi connectivity index (χ4n) is 3.97. The third-order valence-electron chi connectivity index (χ3n) is 5.58. The first-order valence-electron chi connectivity index (χ1n) is 10.2. The third kappa shape index (κ3) is 6.16. The molecule has 1 aliphatic rings. The number of benzene rings is 1. The van der Waals surface area contributed by atoms with Gasteiger partial charge in [0, 0.05) is 46.3 Å². The number of amides is 1. The van der Waals surface area contributed by atoms with E-state index in [0.717, 1.165) is 44.6 Å².